The third-order valence-corrected chi connectivity index (χ3v) is 4.18. The van der Waals surface area contributed by atoms with Gasteiger partial charge in [-0.1, -0.05) is 0 Å². The van der Waals surface area contributed by atoms with Crippen molar-refractivity contribution >= 4 is 15.7 Å². The number of hydrogen-bond acceptors (Lipinski definition) is 5. The molecular formula is C7H13NO5S. The summed E-state index contributed by atoms with van der Waals surface area (Å²) in [6.07, 6.45) is -2.89. The normalized spacial score (nSPS) is 35.5. The van der Waals surface area contributed by atoms with Gasteiger partial charge in [-0.25, -0.2) is 8.42 Å². The molecule has 1 amide bonds. The Kier molecular flexibility index (Phi) is 3.13. The molecule has 1 aliphatic rings. The van der Waals surface area contributed by atoms with E-state index in [1.165, 1.54) is 0 Å². The summed E-state index contributed by atoms with van der Waals surface area (Å²) in [6.45, 7) is 1.93. The highest BCUT2D eigenvalue weighted by atomic mass is 32.2. The third-order valence-electron chi connectivity index (χ3n) is 2.10. The van der Waals surface area contributed by atoms with Crippen LogP contribution in [0.1, 0.15) is 6.92 Å². The van der Waals surface area contributed by atoms with Crippen molar-refractivity contribution in [3.05, 3.63) is 0 Å². The predicted molar refractivity (Wildman–Crippen MR) is 48.3 cm³/mol. The van der Waals surface area contributed by atoms with E-state index < -0.39 is 39.0 Å². The first-order chi connectivity index (χ1) is 6.40. The Balaban J connectivity index is 2.91. The zero-order valence-corrected chi connectivity index (χ0v) is 8.49. The lowest BCUT2D eigenvalue weighted by molar-refractivity contribution is -0.123. The van der Waals surface area contributed by atoms with Crippen molar-refractivity contribution in [1.29, 1.82) is 0 Å². The minimum Gasteiger partial charge on any atom is -0.389 e. The second-order valence-electron chi connectivity index (χ2n) is 3.20. The van der Waals surface area contributed by atoms with Gasteiger partial charge in [0.25, 0.3) is 0 Å². The summed E-state index contributed by atoms with van der Waals surface area (Å²) in [7, 11) is -3.72. The zero-order valence-electron chi connectivity index (χ0n) is 7.67. The van der Waals surface area contributed by atoms with Crippen LogP contribution in [0.2, 0.25) is 0 Å². The summed E-state index contributed by atoms with van der Waals surface area (Å²) in [5, 5.41) is 19.2. The number of aliphatic hydroxyl groups is 2. The summed E-state index contributed by atoms with van der Waals surface area (Å²) in [5.41, 5.74) is 0. The summed E-state index contributed by atoms with van der Waals surface area (Å²) in [4.78, 5) is 11.3. The van der Waals surface area contributed by atoms with Crippen LogP contribution < -0.4 is 5.32 Å². The first-order valence-corrected chi connectivity index (χ1v) is 5.97. The van der Waals surface area contributed by atoms with Gasteiger partial charge in [0.15, 0.2) is 15.1 Å². The SMILES string of the molecule is CCNC(=O)C1C(O)C(O)CS1(=O)=O. The van der Waals surface area contributed by atoms with Gasteiger partial charge in [-0.05, 0) is 6.92 Å². The molecule has 1 rings (SSSR count). The fourth-order valence-electron chi connectivity index (χ4n) is 1.45. The molecule has 0 aromatic carbocycles. The number of carbonyl (C=O) groups is 1. The quantitative estimate of drug-likeness (QED) is 0.486. The van der Waals surface area contributed by atoms with Crippen molar-refractivity contribution in [2.75, 3.05) is 12.3 Å². The lowest BCUT2D eigenvalue weighted by Gasteiger charge is -2.13. The molecule has 1 aliphatic heterocycles. The standard InChI is InChI=1S/C7H13NO5S/c1-2-8-7(11)6-5(10)4(9)3-14(6,12)13/h4-6,9-10H,2-3H2,1H3,(H,8,11). The van der Waals surface area contributed by atoms with E-state index in [2.05, 4.69) is 5.32 Å². The maximum Gasteiger partial charge on any atom is 0.241 e. The average molecular weight is 223 g/mol. The first kappa shape index (κ1) is 11.4. The van der Waals surface area contributed by atoms with E-state index in [-0.39, 0.29) is 6.54 Å². The number of hydrogen-bond donors (Lipinski definition) is 3. The molecule has 7 heteroatoms. The molecular weight excluding hydrogens is 210 g/mol. The fourth-order valence-corrected chi connectivity index (χ4v) is 3.34. The zero-order chi connectivity index (χ0) is 10.9. The van der Waals surface area contributed by atoms with E-state index >= 15 is 0 Å². The van der Waals surface area contributed by atoms with Gasteiger partial charge in [-0.15, -0.1) is 0 Å². The van der Waals surface area contributed by atoms with E-state index in [0.29, 0.717) is 0 Å². The number of carbonyl (C=O) groups excluding carboxylic acids is 1. The molecule has 0 saturated carbocycles. The van der Waals surface area contributed by atoms with Gasteiger partial charge in [-0.3, -0.25) is 4.79 Å². The molecule has 1 heterocycles. The van der Waals surface area contributed by atoms with Crippen molar-refractivity contribution in [1.82, 2.24) is 5.32 Å². The van der Waals surface area contributed by atoms with Gasteiger partial charge in [0.1, 0.15) is 6.10 Å². The van der Waals surface area contributed by atoms with Crippen LogP contribution in [0, 0.1) is 0 Å². The highest BCUT2D eigenvalue weighted by Crippen LogP contribution is 2.21. The van der Waals surface area contributed by atoms with Crippen LogP contribution in [0.4, 0.5) is 0 Å². The molecule has 0 aromatic rings. The molecule has 0 radical (unpaired) electrons. The maximum absolute atomic E-state index is 11.3. The van der Waals surface area contributed by atoms with Crippen molar-refractivity contribution in [2.24, 2.45) is 0 Å². The summed E-state index contributed by atoms with van der Waals surface area (Å²) >= 11 is 0. The van der Waals surface area contributed by atoms with Crippen LogP contribution in [-0.2, 0) is 14.6 Å². The third kappa shape index (κ3) is 1.89. The Morgan fingerprint density at radius 3 is 2.43 bits per heavy atom. The highest BCUT2D eigenvalue weighted by Gasteiger charge is 2.49. The molecule has 0 spiro atoms. The van der Waals surface area contributed by atoms with Gasteiger partial charge >= 0.3 is 0 Å². The molecule has 0 aromatic heterocycles. The van der Waals surface area contributed by atoms with Crippen LogP contribution in [0.3, 0.4) is 0 Å². The minimum atomic E-state index is -3.72. The topological polar surface area (TPSA) is 104 Å². The lowest BCUT2D eigenvalue weighted by Crippen LogP contribution is -2.44. The van der Waals surface area contributed by atoms with Crippen molar-refractivity contribution in [3.8, 4) is 0 Å². The predicted octanol–water partition coefficient (Wildman–Crippen LogP) is -2.36. The number of aliphatic hydroxyl groups excluding tert-OH is 2. The van der Waals surface area contributed by atoms with E-state index in [9.17, 15) is 18.3 Å². The average Bonchev–Trinajstić information content (AvgIpc) is 2.21. The van der Waals surface area contributed by atoms with Crippen molar-refractivity contribution in [2.45, 2.75) is 24.4 Å². The van der Waals surface area contributed by atoms with Gasteiger partial charge in [0.05, 0.1) is 11.9 Å². The van der Waals surface area contributed by atoms with Crippen LogP contribution >= 0.6 is 0 Å². The molecule has 6 nitrogen and oxygen atoms in total. The van der Waals surface area contributed by atoms with E-state index in [1.807, 2.05) is 0 Å². The Morgan fingerprint density at radius 1 is 1.50 bits per heavy atom. The largest absolute Gasteiger partial charge is 0.389 e. The Labute approximate surface area is 81.8 Å². The van der Waals surface area contributed by atoms with Crippen LogP contribution in [0.25, 0.3) is 0 Å². The fraction of sp³-hybridized carbons (Fsp3) is 0.857. The molecule has 3 unspecified atom stereocenters. The maximum atomic E-state index is 11.3. The molecule has 3 N–H and O–H groups in total. The molecule has 3 atom stereocenters. The molecule has 82 valence electrons. The van der Waals surface area contributed by atoms with Crippen molar-refractivity contribution < 1.29 is 23.4 Å². The van der Waals surface area contributed by atoms with E-state index in [4.69, 9.17) is 5.11 Å². The van der Waals surface area contributed by atoms with E-state index in [0.717, 1.165) is 0 Å². The van der Waals surface area contributed by atoms with Gasteiger partial charge in [0.2, 0.25) is 5.91 Å². The molecule has 14 heavy (non-hydrogen) atoms. The second kappa shape index (κ2) is 3.84. The number of amides is 1. The molecule has 0 bridgehead atoms. The Hall–Kier alpha value is -0.660. The summed E-state index contributed by atoms with van der Waals surface area (Å²) < 4.78 is 22.6. The van der Waals surface area contributed by atoms with Crippen LogP contribution in [-0.4, -0.2) is 54.3 Å². The van der Waals surface area contributed by atoms with Crippen LogP contribution in [0.15, 0.2) is 0 Å². The Morgan fingerprint density at radius 2 is 2.07 bits per heavy atom. The summed E-state index contributed by atoms with van der Waals surface area (Å²) in [5.74, 6) is -1.31. The van der Waals surface area contributed by atoms with Crippen molar-refractivity contribution in [3.63, 3.8) is 0 Å². The first-order valence-electron chi connectivity index (χ1n) is 4.25. The Bertz CT molecular complexity index is 325. The lowest BCUT2D eigenvalue weighted by atomic mass is 10.1. The highest BCUT2D eigenvalue weighted by molar-refractivity contribution is 7.93. The van der Waals surface area contributed by atoms with Gasteiger partial charge < -0.3 is 15.5 Å². The van der Waals surface area contributed by atoms with Gasteiger partial charge in [-0.2, -0.15) is 0 Å². The monoisotopic (exact) mass is 223 g/mol. The smallest absolute Gasteiger partial charge is 0.241 e. The van der Waals surface area contributed by atoms with E-state index in [1.54, 1.807) is 6.92 Å². The molecule has 1 saturated heterocycles. The summed E-state index contributed by atoms with van der Waals surface area (Å²) in [6, 6.07) is 0. The number of sulfone groups is 1. The number of rotatable bonds is 2. The van der Waals surface area contributed by atoms with Crippen LogP contribution in [0.5, 0.6) is 0 Å². The second-order valence-corrected chi connectivity index (χ2v) is 5.37. The number of nitrogens with one attached hydrogen (secondary N) is 1. The van der Waals surface area contributed by atoms with Gasteiger partial charge in [0, 0.05) is 6.54 Å². The minimum absolute atomic E-state index is 0.285. The molecule has 1 fully saturated rings. The molecule has 0 aliphatic carbocycles.